The van der Waals surface area contributed by atoms with Crippen LogP contribution in [0.1, 0.15) is 27.2 Å². The summed E-state index contributed by atoms with van der Waals surface area (Å²) >= 11 is 0. The molecule has 1 saturated heterocycles. The number of nitrogens with one attached hydrogen (secondary N) is 2. The zero-order chi connectivity index (χ0) is 18.3. The number of rotatable bonds is 2. The highest BCUT2D eigenvalue weighted by Crippen LogP contribution is 2.51. The first kappa shape index (κ1) is 18.3. The van der Waals surface area contributed by atoms with Gasteiger partial charge in [0, 0.05) is 19.0 Å². The number of ether oxygens (including phenoxy) is 1. The number of piperidine rings is 1. The zero-order valence-corrected chi connectivity index (χ0v) is 13.6. The molecule has 1 aliphatic heterocycles. The highest BCUT2D eigenvalue weighted by Gasteiger charge is 2.60. The summed E-state index contributed by atoms with van der Waals surface area (Å²) in [5.74, 6) is -2.38. The molecule has 0 bridgehead atoms. The SMILES string of the molecule is CC(C)(C)OC(=O)N1C[C@@H]2C(C(=O)NNC(=O)CC(F)(F)F)[C@@H]2C1. The second kappa shape index (κ2) is 6.14. The summed E-state index contributed by atoms with van der Waals surface area (Å²) in [7, 11) is 0. The monoisotopic (exact) mass is 351 g/mol. The minimum absolute atomic E-state index is 0.0583. The number of amides is 3. The number of likely N-dealkylation sites (tertiary alicyclic amines) is 1. The van der Waals surface area contributed by atoms with Crippen LogP contribution in [0.4, 0.5) is 18.0 Å². The molecule has 2 rings (SSSR count). The standard InChI is InChI=1S/C14H20F3N3O4/c1-13(2,3)24-12(23)20-5-7-8(6-20)10(7)11(22)19-18-9(21)4-14(15,16)17/h7-8,10H,4-6H2,1-3H3,(H,18,21)(H,19,22)/t7-,8+,10?. The van der Waals surface area contributed by atoms with Crippen LogP contribution in [0.15, 0.2) is 0 Å². The molecular formula is C14H20F3N3O4. The number of nitrogens with zero attached hydrogens (tertiary/aromatic N) is 1. The van der Waals surface area contributed by atoms with Crippen molar-refractivity contribution in [3.63, 3.8) is 0 Å². The van der Waals surface area contributed by atoms with E-state index in [0.29, 0.717) is 13.1 Å². The summed E-state index contributed by atoms with van der Waals surface area (Å²) in [6.07, 6.45) is -6.73. The van der Waals surface area contributed by atoms with Gasteiger partial charge < -0.3 is 9.64 Å². The Labute approximate surface area is 136 Å². The zero-order valence-electron chi connectivity index (χ0n) is 13.6. The number of alkyl halides is 3. The highest BCUT2D eigenvalue weighted by molar-refractivity contribution is 5.86. The van der Waals surface area contributed by atoms with Crippen LogP contribution < -0.4 is 10.9 Å². The van der Waals surface area contributed by atoms with E-state index < -0.39 is 42.0 Å². The van der Waals surface area contributed by atoms with Gasteiger partial charge in [-0.1, -0.05) is 0 Å². The minimum Gasteiger partial charge on any atom is -0.444 e. The smallest absolute Gasteiger partial charge is 0.410 e. The first-order chi connectivity index (χ1) is 10.9. The van der Waals surface area contributed by atoms with E-state index in [4.69, 9.17) is 4.74 Å². The van der Waals surface area contributed by atoms with Gasteiger partial charge in [0.15, 0.2) is 0 Å². The van der Waals surface area contributed by atoms with E-state index in [9.17, 15) is 27.6 Å². The molecule has 3 amide bonds. The van der Waals surface area contributed by atoms with Gasteiger partial charge in [-0.25, -0.2) is 4.79 Å². The molecule has 1 heterocycles. The Morgan fingerprint density at radius 2 is 1.62 bits per heavy atom. The van der Waals surface area contributed by atoms with Gasteiger partial charge in [-0.15, -0.1) is 0 Å². The summed E-state index contributed by atoms with van der Waals surface area (Å²) in [5, 5.41) is 0. The second-order valence-electron chi connectivity index (χ2n) is 7.07. The first-order valence-electron chi connectivity index (χ1n) is 7.51. The van der Waals surface area contributed by atoms with E-state index in [1.165, 1.54) is 4.90 Å². The van der Waals surface area contributed by atoms with Crippen molar-refractivity contribution in [1.29, 1.82) is 0 Å². The lowest BCUT2D eigenvalue weighted by Crippen LogP contribution is -2.45. The van der Waals surface area contributed by atoms with Crippen LogP contribution >= 0.6 is 0 Å². The van der Waals surface area contributed by atoms with Crippen molar-refractivity contribution >= 4 is 17.9 Å². The fraction of sp³-hybridized carbons (Fsp3) is 0.786. The number of fused-ring (bicyclic) bond motifs is 1. The van der Waals surface area contributed by atoms with Gasteiger partial charge in [-0.05, 0) is 32.6 Å². The van der Waals surface area contributed by atoms with Crippen molar-refractivity contribution in [2.45, 2.75) is 39.0 Å². The van der Waals surface area contributed by atoms with Gasteiger partial charge in [0.2, 0.25) is 11.8 Å². The van der Waals surface area contributed by atoms with Gasteiger partial charge in [0.05, 0.1) is 0 Å². The largest absolute Gasteiger partial charge is 0.444 e. The first-order valence-corrected chi connectivity index (χ1v) is 7.51. The topological polar surface area (TPSA) is 87.7 Å². The number of halogens is 3. The predicted octanol–water partition coefficient (Wildman–Crippen LogP) is 1.20. The molecule has 1 unspecified atom stereocenters. The van der Waals surface area contributed by atoms with Crippen LogP contribution in [0.5, 0.6) is 0 Å². The molecule has 2 fully saturated rings. The Balaban J connectivity index is 1.72. The maximum Gasteiger partial charge on any atom is 0.410 e. The fourth-order valence-electron chi connectivity index (χ4n) is 2.83. The van der Waals surface area contributed by atoms with E-state index in [1.54, 1.807) is 26.2 Å². The molecule has 0 aromatic heterocycles. The molecule has 3 atom stereocenters. The average molecular weight is 351 g/mol. The number of hydrazine groups is 1. The Kier molecular flexibility index (Phi) is 4.69. The fourth-order valence-corrected chi connectivity index (χ4v) is 2.83. The lowest BCUT2D eigenvalue weighted by atomic mass is 10.2. The van der Waals surface area contributed by atoms with Crippen molar-refractivity contribution < 1.29 is 32.3 Å². The van der Waals surface area contributed by atoms with Crippen molar-refractivity contribution in [3.05, 3.63) is 0 Å². The van der Waals surface area contributed by atoms with Crippen LogP contribution in [0.25, 0.3) is 0 Å². The summed E-state index contributed by atoms with van der Waals surface area (Å²) in [5.41, 5.74) is 3.15. The van der Waals surface area contributed by atoms with Crippen molar-refractivity contribution in [2.75, 3.05) is 13.1 Å². The van der Waals surface area contributed by atoms with Gasteiger partial charge >= 0.3 is 12.3 Å². The maximum atomic E-state index is 12.0. The third-order valence-corrected chi connectivity index (χ3v) is 3.83. The summed E-state index contributed by atoms with van der Waals surface area (Å²) in [6, 6.07) is 0. The molecule has 10 heteroatoms. The minimum atomic E-state index is -4.63. The van der Waals surface area contributed by atoms with E-state index in [1.807, 2.05) is 5.43 Å². The molecule has 0 aromatic carbocycles. The number of carbonyl (C=O) groups excluding carboxylic acids is 3. The molecular weight excluding hydrogens is 331 g/mol. The van der Waals surface area contributed by atoms with Gasteiger partial charge in [-0.3, -0.25) is 20.4 Å². The molecule has 1 aliphatic carbocycles. The third kappa shape index (κ3) is 4.75. The van der Waals surface area contributed by atoms with Gasteiger partial charge in [-0.2, -0.15) is 13.2 Å². The maximum absolute atomic E-state index is 12.0. The van der Waals surface area contributed by atoms with Crippen LogP contribution in [-0.2, 0) is 14.3 Å². The summed E-state index contributed by atoms with van der Waals surface area (Å²) in [6.45, 7) is 5.97. The van der Waals surface area contributed by atoms with Crippen LogP contribution in [-0.4, -0.2) is 47.7 Å². The molecule has 0 radical (unpaired) electrons. The van der Waals surface area contributed by atoms with E-state index in [2.05, 4.69) is 0 Å². The number of hydrogen-bond donors (Lipinski definition) is 2. The molecule has 2 N–H and O–H groups in total. The van der Waals surface area contributed by atoms with E-state index >= 15 is 0 Å². The second-order valence-corrected chi connectivity index (χ2v) is 7.07. The third-order valence-electron chi connectivity index (χ3n) is 3.83. The van der Waals surface area contributed by atoms with Crippen molar-refractivity contribution in [2.24, 2.45) is 17.8 Å². The quantitative estimate of drug-likeness (QED) is 0.732. The molecule has 24 heavy (non-hydrogen) atoms. The van der Waals surface area contributed by atoms with Gasteiger partial charge in [0.1, 0.15) is 12.0 Å². The Hall–Kier alpha value is -2.00. The molecule has 2 aliphatic rings. The predicted molar refractivity (Wildman–Crippen MR) is 75.2 cm³/mol. The Morgan fingerprint density at radius 3 is 2.08 bits per heavy atom. The normalized spacial score (nSPS) is 25.8. The molecule has 136 valence electrons. The number of hydrogen-bond acceptors (Lipinski definition) is 4. The summed E-state index contributed by atoms with van der Waals surface area (Å²) < 4.78 is 41.2. The van der Waals surface area contributed by atoms with Crippen LogP contribution in [0.2, 0.25) is 0 Å². The van der Waals surface area contributed by atoms with Crippen molar-refractivity contribution in [1.82, 2.24) is 15.8 Å². The highest BCUT2D eigenvalue weighted by atomic mass is 19.4. The lowest BCUT2D eigenvalue weighted by Gasteiger charge is -2.25. The average Bonchev–Trinajstić information content (AvgIpc) is 2.86. The van der Waals surface area contributed by atoms with E-state index in [0.717, 1.165) is 0 Å². The number of carbonyl (C=O) groups is 3. The van der Waals surface area contributed by atoms with Crippen LogP contribution in [0, 0.1) is 17.8 Å². The van der Waals surface area contributed by atoms with Crippen molar-refractivity contribution in [3.8, 4) is 0 Å². The molecule has 1 saturated carbocycles. The Morgan fingerprint density at radius 1 is 1.08 bits per heavy atom. The summed E-state index contributed by atoms with van der Waals surface area (Å²) in [4.78, 5) is 36.3. The molecule has 7 nitrogen and oxygen atoms in total. The van der Waals surface area contributed by atoms with Crippen LogP contribution in [0.3, 0.4) is 0 Å². The lowest BCUT2D eigenvalue weighted by molar-refractivity contribution is -0.155. The molecule has 0 spiro atoms. The van der Waals surface area contributed by atoms with E-state index in [-0.39, 0.29) is 11.8 Å². The molecule has 0 aromatic rings. The van der Waals surface area contributed by atoms with Gasteiger partial charge in [0.25, 0.3) is 0 Å². The Bertz CT molecular complexity index is 532.